The third kappa shape index (κ3) is 5.83. The average molecular weight is 519 g/mol. The molecule has 1 unspecified atom stereocenters. The van der Waals surface area contributed by atoms with Gasteiger partial charge in [-0.2, -0.15) is 0 Å². The molecule has 1 aromatic heterocycles. The highest BCUT2D eigenvalue weighted by atomic mass is 32.1. The molecule has 6 nitrogen and oxygen atoms in total. The molecule has 0 saturated carbocycles. The molecule has 1 atom stereocenters. The van der Waals surface area contributed by atoms with Gasteiger partial charge in [0, 0.05) is 40.3 Å². The lowest BCUT2D eigenvalue weighted by molar-refractivity contribution is -0.132. The maximum absolute atomic E-state index is 15.4. The molecule has 1 amide bonds. The van der Waals surface area contributed by atoms with Crippen LogP contribution in [0.4, 0.5) is 18.3 Å². The molecule has 1 heterocycles. The molecule has 10 heteroatoms. The number of hydrogen-bond acceptors (Lipinski definition) is 5. The number of halogens is 3. The molecule has 3 rings (SSSR count). The number of carbonyl (C=O) groups excluding carboxylic acids is 1. The predicted molar refractivity (Wildman–Crippen MR) is 132 cm³/mol. The number of thiazole rings is 1. The summed E-state index contributed by atoms with van der Waals surface area (Å²) in [6.45, 7) is 7.00. The minimum atomic E-state index is -1.33. The van der Waals surface area contributed by atoms with Gasteiger partial charge in [-0.1, -0.05) is 32.9 Å². The van der Waals surface area contributed by atoms with Crippen molar-refractivity contribution in [1.82, 2.24) is 4.98 Å². The fourth-order valence-electron chi connectivity index (χ4n) is 3.65. The zero-order valence-electron chi connectivity index (χ0n) is 20.3. The number of nitrogens with one attached hydrogen (secondary N) is 1. The van der Waals surface area contributed by atoms with Crippen molar-refractivity contribution in [3.8, 4) is 11.3 Å². The molecule has 3 aromatic rings. The highest BCUT2D eigenvalue weighted by Crippen LogP contribution is 2.39. The maximum Gasteiger partial charge on any atom is 0.331 e. The Balaban J connectivity index is 1.86. The fourth-order valence-corrected chi connectivity index (χ4v) is 4.36. The van der Waals surface area contributed by atoms with Gasteiger partial charge in [0.25, 0.3) is 5.91 Å². The summed E-state index contributed by atoms with van der Waals surface area (Å²) in [6.07, 6.45) is 0.343. The predicted octanol–water partition coefficient (Wildman–Crippen LogP) is 6.70. The number of carboxylic acids is 1. The molecule has 0 radical (unpaired) electrons. The van der Waals surface area contributed by atoms with E-state index >= 15 is 4.39 Å². The normalized spacial score (nSPS) is 12.9. The minimum Gasteiger partial charge on any atom is -0.478 e. The van der Waals surface area contributed by atoms with Gasteiger partial charge in [0.1, 0.15) is 17.5 Å². The zero-order chi connectivity index (χ0) is 26.8. The van der Waals surface area contributed by atoms with Gasteiger partial charge in [-0.25, -0.2) is 22.9 Å². The number of carbonyl (C=O) groups is 2. The molecule has 0 bridgehead atoms. The van der Waals surface area contributed by atoms with E-state index in [1.165, 1.54) is 14.0 Å². The summed E-state index contributed by atoms with van der Waals surface area (Å²) in [4.78, 5) is 27.8. The Morgan fingerprint density at radius 3 is 2.36 bits per heavy atom. The summed E-state index contributed by atoms with van der Waals surface area (Å²) < 4.78 is 49.7. The molecule has 2 N–H and O–H groups in total. The smallest absolute Gasteiger partial charge is 0.331 e. The number of hydrogen-bond donors (Lipinski definition) is 2. The first-order chi connectivity index (χ1) is 16.8. The zero-order valence-corrected chi connectivity index (χ0v) is 21.1. The molecule has 2 aromatic carbocycles. The van der Waals surface area contributed by atoms with Crippen LogP contribution >= 0.6 is 11.3 Å². The largest absolute Gasteiger partial charge is 0.478 e. The summed E-state index contributed by atoms with van der Waals surface area (Å²) in [5, 5.41) is 13.0. The Labute approximate surface area is 210 Å². The number of nitrogens with zero attached hydrogens (tertiary/aromatic N) is 1. The van der Waals surface area contributed by atoms with Crippen molar-refractivity contribution in [1.29, 1.82) is 0 Å². The average Bonchev–Trinajstić information content (AvgIpc) is 3.24. The lowest BCUT2D eigenvalue weighted by atomic mass is 9.83. The monoisotopic (exact) mass is 518 g/mol. The number of aliphatic carboxylic acids is 1. The van der Waals surface area contributed by atoms with Crippen molar-refractivity contribution in [2.75, 3.05) is 12.4 Å². The van der Waals surface area contributed by atoms with Crippen molar-refractivity contribution in [2.24, 2.45) is 5.41 Å². The molecular weight excluding hydrogens is 493 g/mol. The van der Waals surface area contributed by atoms with E-state index in [4.69, 9.17) is 9.84 Å². The second-order valence-electron chi connectivity index (χ2n) is 9.17. The van der Waals surface area contributed by atoms with Crippen LogP contribution in [0, 0.1) is 22.9 Å². The first kappa shape index (κ1) is 27.1. The summed E-state index contributed by atoms with van der Waals surface area (Å²) in [5.41, 5.74) is -0.651. The van der Waals surface area contributed by atoms with Gasteiger partial charge in [0.15, 0.2) is 5.13 Å². The van der Waals surface area contributed by atoms with E-state index in [1.54, 1.807) is 23.6 Å². The quantitative estimate of drug-likeness (QED) is 0.340. The number of ether oxygens (including phenoxy) is 1. The Morgan fingerprint density at radius 1 is 1.17 bits per heavy atom. The van der Waals surface area contributed by atoms with Crippen LogP contribution in [0.2, 0.25) is 0 Å². The first-order valence-corrected chi connectivity index (χ1v) is 11.7. The third-order valence-electron chi connectivity index (χ3n) is 5.37. The van der Waals surface area contributed by atoms with Crippen LogP contribution in [0.25, 0.3) is 17.3 Å². The number of methoxy groups -OCH3 is 1. The molecule has 0 saturated heterocycles. The van der Waals surface area contributed by atoms with E-state index < -0.39 is 41.0 Å². The molecule has 0 aliphatic heterocycles. The Hall–Kier alpha value is -3.50. The molecule has 0 spiro atoms. The Morgan fingerprint density at radius 2 is 1.81 bits per heavy atom. The van der Waals surface area contributed by atoms with Gasteiger partial charge >= 0.3 is 5.97 Å². The van der Waals surface area contributed by atoms with Gasteiger partial charge in [0.2, 0.25) is 0 Å². The number of benzene rings is 2. The molecule has 0 aliphatic rings. The number of anilines is 1. The number of aromatic nitrogens is 1. The van der Waals surface area contributed by atoms with Crippen LogP contribution in [0.15, 0.2) is 41.3 Å². The molecule has 190 valence electrons. The fraction of sp³-hybridized carbons (Fsp3) is 0.269. The highest BCUT2D eigenvalue weighted by molar-refractivity contribution is 7.14. The summed E-state index contributed by atoms with van der Waals surface area (Å²) in [6, 6.07) is 6.50. The van der Waals surface area contributed by atoms with E-state index in [2.05, 4.69) is 10.3 Å². The van der Waals surface area contributed by atoms with Gasteiger partial charge in [-0.05, 0) is 36.6 Å². The highest BCUT2D eigenvalue weighted by Gasteiger charge is 2.30. The molecular formula is C26H25F3N2O4S. The van der Waals surface area contributed by atoms with E-state index in [0.717, 1.165) is 29.5 Å². The summed E-state index contributed by atoms with van der Waals surface area (Å²) >= 11 is 1.02. The summed E-state index contributed by atoms with van der Waals surface area (Å²) in [7, 11) is 1.51. The second-order valence-corrected chi connectivity index (χ2v) is 10.0. The van der Waals surface area contributed by atoms with Crippen LogP contribution in [-0.2, 0) is 9.53 Å². The molecule has 36 heavy (non-hydrogen) atoms. The number of carboxylic acid groups (broad SMARTS) is 1. The lowest BCUT2D eigenvalue weighted by Crippen LogP contribution is -2.21. The topological polar surface area (TPSA) is 88.5 Å². The molecule has 0 fully saturated rings. The van der Waals surface area contributed by atoms with Crippen LogP contribution in [-0.4, -0.2) is 29.1 Å². The van der Waals surface area contributed by atoms with E-state index in [-0.39, 0.29) is 32.9 Å². The van der Waals surface area contributed by atoms with Crippen LogP contribution in [0.3, 0.4) is 0 Å². The standard InChI is InChI=1S/C26H25F3N2O4S/c1-13(24(33)34)9-17-18(27)10-14(11-19(17)28)23(32)31-25-30-20(12-36-25)15-7-6-8-16(21(15)29)22(35-5)26(2,3)4/h6-12,22H,1-5H3,(H,33,34)(H,30,31,32). The number of rotatable bonds is 7. The third-order valence-corrected chi connectivity index (χ3v) is 6.13. The SMILES string of the molecule is COC(c1cccc(-c2csc(NC(=O)c3cc(F)c(C=C(C)C(=O)O)c(F)c3)n2)c1F)C(C)(C)C. The van der Waals surface area contributed by atoms with Gasteiger partial charge in [-0.15, -0.1) is 11.3 Å². The van der Waals surface area contributed by atoms with Crippen LogP contribution in [0.1, 0.15) is 55.3 Å². The second kappa shape index (κ2) is 10.6. The van der Waals surface area contributed by atoms with E-state index in [9.17, 15) is 18.4 Å². The number of amides is 1. The van der Waals surface area contributed by atoms with E-state index in [0.29, 0.717) is 5.56 Å². The lowest BCUT2D eigenvalue weighted by Gasteiger charge is -2.30. The first-order valence-electron chi connectivity index (χ1n) is 10.8. The van der Waals surface area contributed by atoms with E-state index in [1.807, 2.05) is 20.8 Å². The van der Waals surface area contributed by atoms with Crippen molar-refractivity contribution < 1.29 is 32.6 Å². The molecule has 0 aliphatic carbocycles. The van der Waals surface area contributed by atoms with Crippen molar-refractivity contribution in [3.63, 3.8) is 0 Å². The van der Waals surface area contributed by atoms with Crippen molar-refractivity contribution in [3.05, 3.63) is 75.4 Å². The minimum absolute atomic E-state index is 0.102. The van der Waals surface area contributed by atoms with Crippen molar-refractivity contribution >= 4 is 34.4 Å². The Kier molecular flexibility index (Phi) is 8.00. The van der Waals surface area contributed by atoms with Crippen LogP contribution in [0.5, 0.6) is 0 Å². The van der Waals surface area contributed by atoms with Gasteiger partial charge in [-0.3, -0.25) is 10.1 Å². The van der Waals surface area contributed by atoms with Crippen LogP contribution < -0.4 is 5.32 Å². The summed E-state index contributed by atoms with van der Waals surface area (Å²) in [5.74, 6) is -4.84. The maximum atomic E-state index is 15.4. The van der Waals surface area contributed by atoms with Gasteiger partial charge < -0.3 is 9.84 Å². The van der Waals surface area contributed by atoms with Gasteiger partial charge in [0.05, 0.1) is 11.8 Å². The Bertz CT molecular complexity index is 1320. The van der Waals surface area contributed by atoms with Crippen molar-refractivity contribution in [2.45, 2.75) is 33.8 Å².